The number of halogens is 1. The number of likely N-dealkylation sites (N-methyl/N-ethyl adjacent to an activating group) is 1. The molecule has 11 heteroatoms. The molecule has 3 aromatic carbocycles. The van der Waals surface area contributed by atoms with Gasteiger partial charge in [0.25, 0.3) is 10.0 Å². The van der Waals surface area contributed by atoms with E-state index in [1.165, 1.54) is 43.4 Å². The van der Waals surface area contributed by atoms with Crippen LogP contribution in [-0.2, 0) is 26.2 Å². The van der Waals surface area contributed by atoms with Gasteiger partial charge in [-0.15, -0.1) is 0 Å². The SMILES string of the molecule is CCNC(=O)[C@H](CC)N(Cc1ccccc1Cl)C(=O)CN(c1ccccc1OC)S(=O)(=O)c1ccc(OC)cc1. The van der Waals surface area contributed by atoms with Gasteiger partial charge < -0.3 is 19.7 Å². The second-order valence-electron chi connectivity index (χ2n) is 8.79. The fraction of sp³-hybridized carbons (Fsp3) is 0.310. The van der Waals surface area contributed by atoms with E-state index in [2.05, 4.69) is 5.32 Å². The molecule has 0 aliphatic carbocycles. The van der Waals surface area contributed by atoms with Gasteiger partial charge in [-0.1, -0.05) is 48.9 Å². The lowest BCUT2D eigenvalue weighted by Gasteiger charge is -2.33. The number of methoxy groups -OCH3 is 2. The molecule has 3 aromatic rings. The number of sulfonamides is 1. The zero-order valence-electron chi connectivity index (χ0n) is 23.0. The average molecular weight is 588 g/mol. The highest BCUT2D eigenvalue weighted by molar-refractivity contribution is 7.92. The molecule has 2 amide bonds. The molecule has 0 aliphatic rings. The van der Waals surface area contributed by atoms with E-state index in [9.17, 15) is 18.0 Å². The summed E-state index contributed by atoms with van der Waals surface area (Å²) in [6.07, 6.45) is 0.307. The Bertz CT molecular complexity index is 1420. The van der Waals surface area contributed by atoms with E-state index in [1.807, 2.05) is 0 Å². The first-order chi connectivity index (χ1) is 19.2. The molecule has 0 aromatic heterocycles. The van der Waals surface area contributed by atoms with Crippen LogP contribution in [0.3, 0.4) is 0 Å². The van der Waals surface area contributed by atoms with Crippen molar-refractivity contribution in [2.75, 3.05) is 31.6 Å². The van der Waals surface area contributed by atoms with Crippen LogP contribution in [0.4, 0.5) is 5.69 Å². The Morgan fingerprint density at radius 3 is 2.17 bits per heavy atom. The summed E-state index contributed by atoms with van der Waals surface area (Å²) in [5.74, 6) is -0.174. The zero-order valence-corrected chi connectivity index (χ0v) is 24.5. The van der Waals surface area contributed by atoms with Crippen LogP contribution in [0.15, 0.2) is 77.7 Å². The third-order valence-electron chi connectivity index (χ3n) is 6.32. The lowest BCUT2D eigenvalue weighted by molar-refractivity contribution is -0.140. The lowest BCUT2D eigenvalue weighted by atomic mass is 10.1. The van der Waals surface area contributed by atoms with E-state index in [4.69, 9.17) is 21.1 Å². The minimum Gasteiger partial charge on any atom is -0.497 e. The summed E-state index contributed by atoms with van der Waals surface area (Å²) in [5, 5.41) is 3.20. The van der Waals surface area contributed by atoms with Crippen LogP contribution in [0, 0.1) is 0 Å². The van der Waals surface area contributed by atoms with E-state index in [1.54, 1.807) is 62.4 Å². The second kappa shape index (κ2) is 14.0. The Morgan fingerprint density at radius 2 is 1.57 bits per heavy atom. The third kappa shape index (κ3) is 7.05. The van der Waals surface area contributed by atoms with Gasteiger partial charge in [-0.25, -0.2) is 8.42 Å². The minimum atomic E-state index is -4.26. The van der Waals surface area contributed by atoms with Gasteiger partial charge in [-0.2, -0.15) is 0 Å². The maximum Gasteiger partial charge on any atom is 0.264 e. The van der Waals surface area contributed by atoms with Gasteiger partial charge in [0.1, 0.15) is 24.1 Å². The number of nitrogens with one attached hydrogen (secondary N) is 1. The Morgan fingerprint density at radius 1 is 0.925 bits per heavy atom. The van der Waals surface area contributed by atoms with Crippen molar-refractivity contribution in [3.63, 3.8) is 0 Å². The second-order valence-corrected chi connectivity index (χ2v) is 11.1. The fourth-order valence-corrected chi connectivity index (χ4v) is 5.87. The first-order valence-electron chi connectivity index (χ1n) is 12.8. The van der Waals surface area contributed by atoms with E-state index in [0.717, 1.165) is 4.31 Å². The normalized spacial score (nSPS) is 11.8. The van der Waals surface area contributed by atoms with Gasteiger partial charge in [0.15, 0.2) is 0 Å². The van der Waals surface area contributed by atoms with Gasteiger partial charge in [0.2, 0.25) is 11.8 Å². The average Bonchev–Trinajstić information content (AvgIpc) is 2.96. The third-order valence-corrected chi connectivity index (χ3v) is 8.46. The molecule has 0 saturated heterocycles. The van der Waals surface area contributed by atoms with Gasteiger partial charge in [0, 0.05) is 18.1 Å². The van der Waals surface area contributed by atoms with Crippen molar-refractivity contribution in [2.45, 2.75) is 37.8 Å². The van der Waals surface area contributed by atoms with E-state index >= 15 is 0 Å². The smallest absolute Gasteiger partial charge is 0.264 e. The number of benzene rings is 3. The molecule has 0 bridgehead atoms. The number of hydrogen-bond donors (Lipinski definition) is 1. The first-order valence-corrected chi connectivity index (χ1v) is 14.6. The Hall–Kier alpha value is -3.76. The minimum absolute atomic E-state index is 0.0104. The molecule has 0 fully saturated rings. The van der Waals surface area contributed by atoms with Crippen molar-refractivity contribution in [3.8, 4) is 11.5 Å². The van der Waals surface area contributed by atoms with Crippen molar-refractivity contribution in [2.24, 2.45) is 0 Å². The van der Waals surface area contributed by atoms with Crippen molar-refractivity contribution in [1.82, 2.24) is 10.2 Å². The van der Waals surface area contributed by atoms with Crippen LogP contribution in [-0.4, -0.2) is 58.5 Å². The van der Waals surface area contributed by atoms with Gasteiger partial charge in [0.05, 0.1) is 24.8 Å². The summed E-state index contributed by atoms with van der Waals surface area (Å²) in [4.78, 5) is 28.4. The first kappa shape index (κ1) is 30.8. The van der Waals surface area contributed by atoms with Crippen LogP contribution in [0.1, 0.15) is 25.8 Å². The Kier molecular flexibility index (Phi) is 10.8. The highest BCUT2D eigenvalue weighted by Gasteiger charge is 2.34. The monoisotopic (exact) mass is 587 g/mol. The zero-order chi connectivity index (χ0) is 29.3. The highest BCUT2D eigenvalue weighted by atomic mass is 35.5. The predicted octanol–water partition coefficient (Wildman–Crippen LogP) is 4.50. The van der Waals surface area contributed by atoms with E-state index < -0.39 is 28.5 Å². The molecule has 0 saturated carbocycles. The number of amides is 2. The summed E-state index contributed by atoms with van der Waals surface area (Å²) in [6, 6.07) is 18.6. The molecule has 214 valence electrons. The Labute approximate surface area is 240 Å². The van der Waals surface area contributed by atoms with E-state index in [0.29, 0.717) is 29.3 Å². The molecule has 3 rings (SSSR count). The number of para-hydroxylation sites is 2. The predicted molar refractivity (Wildman–Crippen MR) is 155 cm³/mol. The lowest BCUT2D eigenvalue weighted by Crippen LogP contribution is -2.52. The molecule has 9 nitrogen and oxygen atoms in total. The van der Waals surface area contributed by atoms with Gasteiger partial charge in [-0.05, 0) is 61.4 Å². The summed E-state index contributed by atoms with van der Waals surface area (Å²) in [7, 11) is -1.36. The number of carbonyl (C=O) groups excluding carboxylic acids is 2. The molecule has 40 heavy (non-hydrogen) atoms. The number of hydrogen-bond acceptors (Lipinski definition) is 6. The van der Waals surface area contributed by atoms with Crippen molar-refractivity contribution in [1.29, 1.82) is 0 Å². The number of rotatable bonds is 13. The van der Waals surface area contributed by atoms with Gasteiger partial charge in [-0.3, -0.25) is 13.9 Å². The molecule has 0 spiro atoms. The largest absolute Gasteiger partial charge is 0.497 e. The van der Waals surface area contributed by atoms with Crippen molar-refractivity contribution < 1.29 is 27.5 Å². The topological polar surface area (TPSA) is 105 Å². The summed E-state index contributed by atoms with van der Waals surface area (Å²) in [6.45, 7) is 3.38. The molecular formula is C29H34ClN3O6S. The van der Waals surface area contributed by atoms with Crippen molar-refractivity contribution >= 4 is 39.1 Å². The summed E-state index contributed by atoms with van der Waals surface area (Å²) in [5.41, 5.74) is 0.806. The van der Waals surface area contributed by atoms with Crippen LogP contribution in [0.5, 0.6) is 11.5 Å². The molecule has 1 N–H and O–H groups in total. The summed E-state index contributed by atoms with van der Waals surface area (Å²) >= 11 is 6.41. The number of carbonyl (C=O) groups is 2. The molecule has 0 aliphatic heterocycles. The molecule has 0 unspecified atom stereocenters. The molecule has 0 radical (unpaired) electrons. The maximum atomic E-state index is 14.1. The summed E-state index contributed by atoms with van der Waals surface area (Å²) < 4.78 is 39.6. The van der Waals surface area contributed by atoms with Crippen LogP contribution in [0.2, 0.25) is 5.02 Å². The van der Waals surface area contributed by atoms with Crippen LogP contribution < -0.4 is 19.1 Å². The highest BCUT2D eigenvalue weighted by Crippen LogP contribution is 2.33. The number of nitrogens with zero attached hydrogens (tertiary/aromatic N) is 2. The van der Waals surface area contributed by atoms with Crippen LogP contribution in [0.25, 0.3) is 0 Å². The molecular weight excluding hydrogens is 554 g/mol. The quantitative estimate of drug-likeness (QED) is 0.316. The molecule has 0 heterocycles. The maximum absolute atomic E-state index is 14.1. The number of ether oxygens (including phenoxy) is 2. The standard InChI is InChI=1S/C29H34ClN3O6S/c1-5-25(29(35)31-6-2)32(19-21-11-7-8-12-24(21)30)28(34)20-33(26-13-9-10-14-27(26)39-4)40(36,37)23-17-15-22(38-3)16-18-23/h7-18,25H,5-6,19-20H2,1-4H3,(H,31,35)/t25-/m0/s1. The van der Waals surface area contributed by atoms with Crippen LogP contribution >= 0.6 is 11.6 Å². The Balaban J connectivity index is 2.11. The van der Waals surface area contributed by atoms with Crippen molar-refractivity contribution in [3.05, 3.63) is 83.4 Å². The van der Waals surface area contributed by atoms with Gasteiger partial charge >= 0.3 is 0 Å². The number of anilines is 1. The van der Waals surface area contributed by atoms with E-state index in [-0.39, 0.29) is 28.8 Å². The molecule has 1 atom stereocenters. The fourth-order valence-electron chi connectivity index (χ4n) is 4.25.